The zero-order chi connectivity index (χ0) is 16.3. The van der Waals surface area contributed by atoms with Gasteiger partial charge in [-0.2, -0.15) is 0 Å². The molecule has 22 heavy (non-hydrogen) atoms. The van der Waals surface area contributed by atoms with Crippen LogP contribution in [0, 0.1) is 13.8 Å². The van der Waals surface area contributed by atoms with Crippen molar-refractivity contribution >= 4 is 16.9 Å². The molecule has 0 saturated carbocycles. The lowest BCUT2D eigenvalue weighted by atomic mass is 10.0. The number of rotatable bonds is 7. The number of carboxylic acids is 1. The highest BCUT2D eigenvalue weighted by molar-refractivity contribution is 6.05. The maximum atomic E-state index is 11.7. The first-order valence-corrected chi connectivity index (χ1v) is 7.68. The van der Waals surface area contributed by atoms with Gasteiger partial charge in [0.1, 0.15) is 0 Å². The van der Waals surface area contributed by atoms with Crippen LogP contribution in [-0.4, -0.2) is 33.9 Å². The van der Waals surface area contributed by atoms with Gasteiger partial charge in [-0.15, -0.1) is 0 Å². The number of nitrogens with two attached hydrogens (primary N) is 1. The number of carbonyl (C=O) groups is 1. The van der Waals surface area contributed by atoms with E-state index in [-0.39, 0.29) is 6.61 Å². The number of fused-ring (bicyclic) bond motifs is 1. The Morgan fingerprint density at radius 2 is 2.00 bits per heavy atom. The average molecular weight is 304 g/mol. The Balaban J connectivity index is 2.74. The summed E-state index contributed by atoms with van der Waals surface area (Å²) >= 11 is 0. The Labute approximate surface area is 130 Å². The molecule has 5 heteroatoms. The third-order valence-corrected chi connectivity index (χ3v) is 4.21. The summed E-state index contributed by atoms with van der Waals surface area (Å²) in [4.78, 5) is 11.7. The quantitative estimate of drug-likeness (QED) is 0.732. The number of carboxylic acid groups (broad SMARTS) is 1. The van der Waals surface area contributed by atoms with Gasteiger partial charge in [-0.1, -0.05) is 12.1 Å². The van der Waals surface area contributed by atoms with Crippen LogP contribution in [0.15, 0.2) is 12.1 Å². The first-order valence-electron chi connectivity index (χ1n) is 7.68. The number of aryl methyl sites for hydroxylation is 3. The number of aliphatic hydroxyl groups is 1. The molecule has 0 fully saturated rings. The molecule has 1 aromatic carbocycles. The van der Waals surface area contributed by atoms with E-state index < -0.39 is 5.97 Å². The zero-order valence-electron chi connectivity index (χ0n) is 13.2. The molecule has 0 radical (unpaired) electrons. The summed E-state index contributed by atoms with van der Waals surface area (Å²) in [7, 11) is 0. The summed E-state index contributed by atoms with van der Waals surface area (Å²) in [6.45, 7) is 5.16. The van der Waals surface area contributed by atoms with Crippen molar-refractivity contribution in [3.63, 3.8) is 0 Å². The van der Waals surface area contributed by atoms with Gasteiger partial charge in [0.25, 0.3) is 0 Å². The molecule has 2 rings (SSSR count). The minimum Gasteiger partial charge on any atom is -0.478 e. The van der Waals surface area contributed by atoms with Crippen molar-refractivity contribution in [1.29, 1.82) is 0 Å². The molecular weight excluding hydrogens is 280 g/mol. The summed E-state index contributed by atoms with van der Waals surface area (Å²) in [5, 5.41) is 19.7. The van der Waals surface area contributed by atoms with Crippen LogP contribution in [0.2, 0.25) is 0 Å². The van der Waals surface area contributed by atoms with Crippen LogP contribution in [0.1, 0.15) is 40.0 Å². The molecule has 0 spiro atoms. The lowest BCUT2D eigenvalue weighted by Crippen LogP contribution is -2.08. The molecule has 1 aromatic heterocycles. The SMILES string of the molecule is Cc1ccc2c(CCCN)c(C)n(CCCO)c2c1C(=O)O. The van der Waals surface area contributed by atoms with E-state index >= 15 is 0 Å². The lowest BCUT2D eigenvalue weighted by Gasteiger charge is -2.10. The first kappa shape index (κ1) is 16.5. The van der Waals surface area contributed by atoms with Gasteiger partial charge in [0, 0.05) is 24.2 Å². The fourth-order valence-corrected chi connectivity index (χ4v) is 3.11. The highest BCUT2D eigenvalue weighted by atomic mass is 16.4. The Hall–Kier alpha value is -1.85. The van der Waals surface area contributed by atoms with Crippen molar-refractivity contribution in [2.75, 3.05) is 13.2 Å². The molecule has 120 valence electrons. The Kier molecular flexibility index (Phi) is 5.21. The predicted molar refractivity (Wildman–Crippen MR) is 87.4 cm³/mol. The smallest absolute Gasteiger partial charge is 0.338 e. The topological polar surface area (TPSA) is 88.5 Å². The van der Waals surface area contributed by atoms with Crippen molar-refractivity contribution < 1.29 is 15.0 Å². The third kappa shape index (κ3) is 2.87. The molecule has 0 aliphatic heterocycles. The zero-order valence-corrected chi connectivity index (χ0v) is 13.2. The number of benzene rings is 1. The number of nitrogens with zero attached hydrogens (tertiary/aromatic N) is 1. The van der Waals surface area contributed by atoms with Gasteiger partial charge in [0.05, 0.1) is 11.1 Å². The van der Waals surface area contributed by atoms with Gasteiger partial charge >= 0.3 is 5.97 Å². The maximum Gasteiger partial charge on any atom is 0.338 e. The van der Waals surface area contributed by atoms with E-state index in [0.29, 0.717) is 25.1 Å². The third-order valence-electron chi connectivity index (χ3n) is 4.21. The van der Waals surface area contributed by atoms with E-state index in [4.69, 9.17) is 10.8 Å². The van der Waals surface area contributed by atoms with Crippen molar-refractivity contribution in [1.82, 2.24) is 4.57 Å². The summed E-state index contributed by atoms with van der Waals surface area (Å²) < 4.78 is 2.04. The van der Waals surface area contributed by atoms with Gasteiger partial charge in [-0.05, 0) is 50.8 Å². The second-order valence-electron chi connectivity index (χ2n) is 5.64. The molecule has 0 aliphatic rings. The van der Waals surface area contributed by atoms with Gasteiger partial charge in [0.15, 0.2) is 0 Å². The molecule has 4 N–H and O–H groups in total. The fourth-order valence-electron chi connectivity index (χ4n) is 3.11. The summed E-state index contributed by atoms with van der Waals surface area (Å²) in [5.41, 5.74) is 9.75. The molecule has 5 nitrogen and oxygen atoms in total. The van der Waals surface area contributed by atoms with Crippen LogP contribution in [-0.2, 0) is 13.0 Å². The number of aromatic nitrogens is 1. The Morgan fingerprint density at radius 1 is 1.27 bits per heavy atom. The molecular formula is C17H24N2O3. The van der Waals surface area contributed by atoms with Crippen LogP contribution in [0.25, 0.3) is 10.9 Å². The summed E-state index contributed by atoms with van der Waals surface area (Å²) in [5.74, 6) is -0.906. The summed E-state index contributed by atoms with van der Waals surface area (Å²) in [6.07, 6.45) is 2.32. The van der Waals surface area contributed by atoms with Crippen molar-refractivity contribution in [2.24, 2.45) is 5.73 Å². The second-order valence-corrected chi connectivity index (χ2v) is 5.64. The molecule has 0 bridgehead atoms. The molecule has 0 unspecified atom stereocenters. The van der Waals surface area contributed by atoms with E-state index in [1.165, 1.54) is 5.56 Å². The van der Waals surface area contributed by atoms with E-state index in [0.717, 1.165) is 35.0 Å². The van der Waals surface area contributed by atoms with E-state index in [1.807, 2.05) is 30.5 Å². The highest BCUT2D eigenvalue weighted by Gasteiger charge is 2.21. The standard InChI is InChI=1S/C17H24N2O3/c1-11-6-7-14-13(5-3-8-18)12(2)19(9-4-10-20)16(14)15(11)17(21)22/h6-7,20H,3-5,8-10,18H2,1-2H3,(H,21,22). The van der Waals surface area contributed by atoms with Gasteiger partial charge in [0.2, 0.25) is 0 Å². The van der Waals surface area contributed by atoms with Gasteiger partial charge in [-0.3, -0.25) is 0 Å². The number of hydrogen-bond acceptors (Lipinski definition) is 3. The van der Waals surface area contributed by atoms with Crippen LogP contribution in [0.4, 0.5) is 0 Å². The molecule has 0 amide bonds. The van der Waals surface area contributed by atoms with E-state index in [9.17, 15) is 9.90 Å². The van der Waals surface area contributed by atoms with Crippen LogP contribution >= 0.6 is 0 Å². The molecule has 1 heterocycles. The molecule has 0 atom stereocenters. The minimum atomic E-state index is -0.906. The minimum absolute atomic E-state index is 0.0888. The second kappa shape index (κ2) is 6.94. The Bertz CT molecular complexity index is 689. The van der Waals surface area contributed by atoms with Crippen molar-refractivity contribution in [3.8, 4) is 0 Å². The first-order chi connectivity index (χ1) is 10.5. The number of aliphatic hydroxyl groups excluding tert-OH is 1. The largest absolute Gasteiger partial charge is 0.478 e. The van der Waals surface area contributed by atoms with Crippen molar-refractivity contribution in [3.05, 3.63) is 34.5 Å². The maximum absolute atomic E-state index is 11.7. The van der Waals surface area contributed by atoms with Crippen LogP contribution in [0.5, 0.6) is 0 Å². The van der Waals surface area contributed by atoms with Crippen molar-refractivity contribution in [2.45, 2.75) is 39.7 Å². The number of aromatic carboxylic acids is 1. The summed E-state index contributed by atoms with van der Waals surface area (Å²) in [6, 6.07) is 3.87. The van der Waals surface area contributed by atoms with Gasteiger partial charge in [-0.25, -0.2) is 4.79 Å². The van der Waals surface area contributed by atoms with Crippen LogP contribution in [0.3, 0.4) is 0 Å². The van der Waals surface area contributed by atoms with E-state index in [2.05, 4.69) is 0 Å². The number of hydrogen-bond donors (Lipinski definition) is 3. The molecule has 2 aromatic rings. The predicted octanol–water partition coefficient (Wildman–Crippen LogP) is 2.23. The average Bonchev–Trinajstić information content (AvgIpc) is 2.74. The normalized spacial score (nSPS) is 11.3. The lowest BCUT2D eigenvalue weighted by molar-refractivity contribution is 0.0698. The monoisotopic (exact) mass is 304 g/mol. The highest BCUT2D eigenvalue weighted by Crippen LogP contribution is 2.31. The molecule has 0 aliphatic carbocycles. The van der Waals surface area contributed by atoms with E-state index in [1.54, 1.807) is 0 Å². The van der Waals surface area contributed by atoms with Gasteiger partial charge < -0.3 is 20.5 Å². The van der Waals surface area contributed by atoms with Crippen LogP contribution < -0.4 is 5.73 Å². The fraction of sp³-hybridized carbons (Fsp3) is 0.471. The molecule has 0 saturated heterocycles. The Morgan fingerprint density at radius 3 is 2.59 bits per heavy atom.